The van der Waals surface area contributed by atoms with Crippen LogP contribution in [0.2, 0.25) is 5.02 Å². The average molecular weight is 557 g/mol. The van der Waals surface area contributed by atoms with Crippen molar-refractivity contribution in [1.82, 2.24) is 24.7 Å². The van der Waals surface area contributed by atoms with Gasteiger partial charge in [-0.25, -0.2) is 19.7 Å². The summed E-state index contributed by atoms with van der Waals surface area (Å²) in [6.07, 6.45) is 4.10. The molecule has 1 fully saturated rings. The first-order chi connectivity index (χ1) is 17.4. The van der Waals surface area contributed by atoms with E-state index < -0.39 is 12.1 Å². The maximum Gasteiger partial charge on any atom is 0.490 e. The van der Waals surface area contributed by atoms with Crippen LogP contribution in [0.25, 0.3) is 0 Å². The SMILES string of the molecule is Cc1cnn2c1[C@@H](N)C1(CCN(c3cnc(Sc4ccnc(N)c4Cl)cn3)CC1)C2.O=C(O)C(F)(F)F. The third-order valence-electron chi connectivity index (χ3n) is 6.53. The van der Waals surface area contributed by atoms with E-state index in [2.05, 4.69) is 36.6 Å². The number of hydrogen-bond acceptors (Lipinski definition) is 9. The Morgan fingerprint density at radius 1 is 1.22 bits per heavy atom. The number of pyridine rings is 1. The number of rotatable bonds is 3. The van der Waals surface area contributed by atoms with E-state index in [4.69, 9.17) is 33.0 Å². The smallest absolute Gasteiger partial charge is 0.475 e. The Hall–Kier alpha value is -3.10. The van der Waals surface area contributed by atoms with Gasteiger partial charge < -0.3 is 21.5 Å². The van der Waals surface area contributed by atoms with Crippen LogP contribution in [0.15, 0.2) is 40.8 Å². The fraction of sp³-hybridized carbons (Fsp3) is 0.409. The van der Waals surface area contributed by atoms with Crippen molar-refractivity contribution >= 4 is 41.0 Å². The molecule has 5 heterocycles. The van der Waals surface area contributed by atoms with Gasteiger partial charge in [0.05, 0.1) is 35.3 Å². The van der Waals surface area contributed by atoms with E-state index in [0.29, 0.717) is 10.8 Å². The van der Waals surface area contributed by atoms with Crippen LogP contribution in [0.3, 0.4) is 0 Å². The van der Waals surface area contributed by atoms with Crippen LogP contribution >= 0.6 is 23.4 Å². The fourth-order valence-electron chi connectivity index (χ4n) is 4.52. The van der Waals surface area contributed by atoms with Gasteiger partial charge in [0.1, 0.15) is 16.7 Å². The van der Waals surface area contributed by atoms with E-state index in [-0.39, 0.29) is 11.5 Å². The van der Waals surface area contributed by atoms with E-state index in [0.717, 1.165) is 48.2 Å². The summed E-state index contributed by atoms with van der Waals surface area (Å²) in [5.74, 6) is -1.56. The van der Waals surface area contributed by atoms with Crippen molar-refractivity contribution in [3.05, 3.63) is 47.1 Å². The van der Waals surface area contributed by atoms with Crippen LogP contribution in [-0.2, 0) is 11.3 Å². The number of nitrogen functional groups attached to an aromatic ring is 1. The maximum absolute atomic E-state index is 10.6. The lowest BCUT2D eigenvalue weighted by Gasteiger charge is -2.41. The van der Waals surface area contributed by atoms with Gasteiger partial charge in [-0.1, -0.05) is 23.4 Å². The number of piperidine rings is 1. The Kier molecular flexibility index (Phi) is 7.53. The molecule has 10 nitrogen and oxygen atoms in total. The molecule has 1 spiro atoms. The van der Waals surface area contributed by atoms with E-state index in [1.54, 1.807) is 12.4 Å². The number of halogens is 4. The van der Waals surface area contributed by atoms with Crippen molar-refractivity contribution in [2.75, 3.05) is 23.7 Å². The second kappa shape index (κ2) is 10.3. The molecule has 5 N–H and O–H groups in total. The topological polar surface area (TPSA) is 149 Å². The lowest BCUT2D eigenvalue weighted by molar-refractivity contribution is -0.192. The summed E-state index contributed by atoms with van der Waals surface area (Å²) in [4.78, 5) is 25.2. The molecule has 2 aliphatic rings. The number of carboxylic acids is 1. The molecule has 3 aromatic rings. The molecule has 0 aliphatic carbocycles. The number of anilines is 2. The van der Waals surface area contributed by atoms with Crippen LogP contribution in [0, 0.1) is 12.3 Å². The minimum absolute atomic E-state index is 0.0459. The molecule has 5 rings (SSSR count). The van der Waals surface area contributed by atoms with Crippen LogP contribution in [-0.4, -0.2) is 55.1 Å². The minimum Gasteiger partial charge on any atom is -0.475 e. The first-order valence-corrected chi connectivity index (χ1v) is 12.3. The van der Waals surface area contributed by atoms with Gasteiger partial charge in [0, 0.05) is 36.1 Å². The first-order valence-electron chi connectivity index (χ1n) is 11.1. The summed E-state index contributed by atoms with van der Waals surface area (Å²) in [5.41, 5.74) is 14.9. The van der Waals surface area contributed by atoms with Gasteiger partial charge in [0.25, 0.3) is 0 Å². The van der Waals surface area contributed by atoms with Gasteiger partial charge in [0.2, 0.25) is 0 Å². The number of nitrogens with zero attached hydrogens (tertiary/aromatic N) is 6. The maximum atomic E-state index is 10.6. The van der Waals surface area contributed by atoms with Gasteiger partial charge in [-0.3, -0.25) is 4.68 Å². The molecule has 2 aliphatic heterocycles. The van der Waals surface area contributed by atoms with Gasteiger partial charge in [-0.2, -0.15) is 18.3 Å². The Morgan fingerprint density at radius 2 is 1.89 bits per heavy atom. The average Bonchev–Trinajstić information content (AvgIpc) is 3.34. The lowest BCUT2D eigenvalue weighted by Crippen LogP contribution is -2.45. The molecule has 1 atom stereocenters. The van der Waals surface area contributed by atoms with Gasteiger partial charge >= 0.3 is 12.1 Å². The highest BCUT2D eigenvalue weighted by Crippen LogP contribution is 2.48. The van der Waals surface area contributed by atoms with Crippen LogP contribution < -0.4 is 16.4 Å². The zero-order valence-corrected chi connectivity index (χ0v) is 21.2. The molecule has 15 heteroatoms. The zero-order valence-electron chi connectivity index (χ0n) is 19.6. The summed E-state index contributed by atoms with van der Waals surface area (Å²) in [5, 5.41) is 12.8. The summed E-state index contributed by atoms with van der Waals surface area (Å²) in [7, 11) is 0. The van der Waals surface area contributed by atoms with E-state index in [1.807, 2.05) is 18.5 Å². The lowest BCUT2D eigenvalue weighted by atomic mass is 9.73. The normalized spacial score (nSPS) is 18.3. The highest BCUT2D eigenvalue weighted by molar-refractivity contribution is 7.99. The molecule has 0 bridgehead atoms. The number of aryl methyl sites for hydroxylation is 1. The summed E-state index contributed by atoms with van der Waals surface area (Å²) in [6, 6.07) is 1.87. The fourth-order valence-corrected chi connectivity index (χ4v) is 5.50. The predicted molar refractivity (Wildman–Crippen MR) is 131 cm³/mol. The largest absolute Gasteiger partial charge is 0.490 e. The van der Waals surface area contributed by atoms with Crippen molar-refractivity contribution in [3.63, 3.8) is 0 Å². The number of alkyl halides is 3. The second-order valence-corrected chi connectivity index (χ2v) is 10.3. The number of aromatic nitrogens is 5. The summed E-state index contributed by atoms with van der Waals surface area (Å²) >= 11 is 7.65. The number of fused-ring (bicyclic) bond motifs is 1. The van der Waals surface area contributed by atoms with E-state index in [9.17, 15) is 13.2 Å². The predicted octanol–water partition coefficient (Wildman–Crippen LogP) is 3.70. The third kappa shape index (κ3) is 5.60. The Morgan fingerprint density at radius 3 is 2.46 bits per heavy atom. The van der Waals surface area contributed by atoms with Crippen molar-refractivity contribution in [2.45, 2.75) is 48.4 Å². The van der Waals surface area contributed by atoms with Crippen LogP contribution in [0.5, 0.6) is 0 Å². The van der Waals surface area contributed by atoms with Crippen LogP contribution in [0.1, 0.15) is 30.1 Å². The number of carbonyl (C=O) groups is 1. The Balaban J connectivity index is 0.000000405. The van der Waals surface area contributed by atoms with E-state index >= 15 is 0 Å². The van der Waals surface area contributed by atoms with Gasteiger partial charge in [0.15, 0.2) is 0 Å². The van der Waals surface area contributed by atoms with Crippen molar-refractivity contribution in [3.8, 4) is 0 Å². The summed E-state index contributed by atoms with van der Waals surface area (Å²) < 4.78 is 33.8. The first kappa shape index (κ1) is 26.9. The molecule has 3 aromatic heterocycles. The summed E-state index contributed by atoms with van der Waals surface area (Å²) in [6.45, 7) is 4.81. The molecule has 0 radical (unpaired) electrons. The second-order valence-electron chi connectivity index (χ2n) is 8.82. The molecule has 37 heavy (non-hydrogen) atoms. The molecular weight excluding hydrogens is 533 g/mol. The standard InChI is InChI=1S/C20H23ClN8S.C2HF3O2/c1-12-8-27-29-11-20(18(22)17(12)29)3-6-28(7-4-20)14-9-26-15(10-25-14)30-13-2-5-24-19(23)16(13)21;3-2(4,5)1(6)7/h2,5,8-10,18H,3-4,6-7,11,22H2,1H3,(H2,23,24);(H,6,7)/t18-;/m1./s1. The molecule has 1 saturated heterocycles. The van der Waals surface area contributed by atoms with Crippen molar-refractivity contribution in [2.24, 2.45) is 11.1 Å². The Labute approximate surface area is 219 Å². The number of carboxylic acid groups (broad SMARTS) is 1. The highest BCUT2D eigenvalue weighted by Gasteiger charge is 2.47. The number of nitrogens with two attached hydrogens (primary N) is 2. The zero-order chi connectivity index (χ0) is 27.0. The molecule has 198 valence electrons. The highest BCUT2D eigenvalue weighted by atomic mass is 35.5. The molecule has 0 amide bonds. The molecular formula is C22H24ClF3N8O2S. The number of hydrogen-bond donors (Lipinski definition) is 3. The number of aliphatic carboxylic acids is 1. The third-order valence-corrected chi connectivity index (χ3v) is 8.02. The van der Waals surface area contributed by atoms with Crippen molar-refractivity contribution in [1.29, 1.82) is 0 Å². The van der Waals surface area contributed by atoms with Crippen molar-refractivity contribution < 1.29 is 23.1 Å². The minimum atomic E-state index is -5.08. The molecule has 0 aromatic carbocycles. The van der Waals surface area contributed by atoms with Gasteiger partial charge in [-0.05, 0) is 31.4 Å². The van der Waals surface area contributed by atoms with E-state index in [1.165, 1.54) is 23.0 Å². The monoisotopic (exact) mass is 556 g/mol. The van der Waals surface area contributed by atoms with Gasteiger partial charge in [-0.15, -0.1) is 0 Å². The Bertz CT molecular complexity index is 1280. The van der Waals surface area contributed by atoms with Crippen LogP contribution in [0.4, 0.5) is 24.8 Å². The molecule has 0 saturated carbocycles. The quantitative estimate of drug-likeness (QED) is 0.436. The molecule has 0 unspecified atom stereocenters.